The Morgan fingerprint density at radius 2 is 1.50 bits per heavy atom. The SMILES string of the molecule is CC1(C)OB(Cn2c3ccccc3c3c4ccccc4c4c(c32)CC=C4)OC1(C)C. The Morgan fingerprint density at radius 3 is 2.23 bits per heavy atom. The van der Waals surface area contributed by atoms with Crippen molar-refractivity contribution in [3.8, 4) is 0 Å². The fraction of sp³-hybridized carbons (Fsp3) is 0.308. The van der Waals surface area contributed by atoms with E-state index in [0.29, 0.717) is 6.44 Å². The Hall–Kier alpha value is -2.56. The summed E-state index contributed by atoms with van der Waals surface area (Å²) < 4.78 is 15.2. The van der Waals surface area contributed by atoms with E-state index in [4.69, 9.17) is 9.31 Å². The second-order valence-corrected chi connectivity index (χ2v) is 9.58. The fourth-order valence-corrected chi connectivity index (χ4v) is 5.19. The predicted molar refractivity (Wildman–Crippen MR) is 126 cm³/mol. The first-order valence-corrected chi connectivity index (χ1v) is 10.8. The lowest BCUT2D eigenvalue weighted by Crippen LogP contribution is -2.41. The summed E-state index contributed by atoms with van der Waals surface area (Å²) in [4.78, 5) is 0. The van der Waals surface area contributed by atoms with Crippen LogP contribution in [0.5, 0.6) is 0 Å². The molecule has 30 heavy (non-hydrogen) atoms. The fourth-order valence-electron chi connectivity index (χ4n) is 5.19. The topological polar surface area (TPSA) is 23.4 Å². The van der Waals surface area contributed by atoms with Crippen LogP contribution in [0.4, 0.5) is 0 Å². The monoisotopic (exact) mass is 395 g/mol. The van der Waals surface area contributed by atoms with Crippen LogP contribution < -0.4 is 0 Å². The van der Waals surface area contributed by atoms with Crippen LogP contribution in [0.2, 0.25) is 0 Å². The van der Waals surface area contributed by atoms with Crippen LogP contribution in [0.3, 0.4) is 0 Å². The van der Waals surface area contributed by atoms with Crippen LogP contribution in [-0.4, -0.2) is 22.9 Å². The normalized spacial score (nSPS) is 19.4. The Balaban J connectivity index is 1.65. The van der Waals surface area contributed by atoms with Crippen LogP contribution in [-0.2, 0) is 22.2 Å². The maximum absolute atomic E-state index is 6.38. The second kappa shape index (κ2) is 5.99. The van der Waals surface area contributed by atoms with Gasteiger partial charge in [0.05, 0.1) is 23.2 Å². The van der Waals surface area contributed by atoms with Crippen molar-refractivity contribution in [2.45, 2.75) is 51.8 Å². The minimum atomic E-state index is -0.327. The number of rotatable bonds is 2. The number of aromatic nitrogens is 1. The van der Waals surface area contributed by atoms with Gasteiger partial charge in [-0.15, -0.1) is 0 Å². The van der Waals surface area contributed by atoms with Crippen molar-refractivity contribution in [3.05, 3.63) is 65.7 Å². The zero-order valence-electron chi connectivity index (χ0n) is 18.0. The zero-order chi connectivity index (χ0) is 20.7. The molecule has 0 saturated carbocycles. The molecule has 3 nitrogen and oxygen atoms in total. The van der Waals surface area contributed by atoms with Gasteiger partial charge in [0.25, 0.3) is 0 Å². The number of fused-ring (bicyclic) bond motifs is 8. The van der Waals surface area contributed by atoms with Gasteiger partial charge in [-0.2, -0.15) is 0 Å². The molecule has 0 N–H and O–H groups in total. The molecule has 0 radical (unpaired) electrons. The summed E-state index contributed by atoms with van der Waals surface area (Å²) in [6.45, 7) is 8.48. The highest BCUT2D eigenvalue weighted by molar-refractivity contribution is 6.44. The molecule has 0 unspecified atom stereocenters. The van der Waals surface area contributed by atoms with E-state index in [1.165, 1.54) is 43.7 Å². The third-order valence-electron chi connectivity index (χ3n) is 7.31. The molecule has 1 aliphatic carbocycles. The van der Waals surface area contributed by atoms with Crippen LogP contribution in [0, 0.1) is 0 Å². The summed E-state index contributed by atoms with van der Waals surface area (Å²) in [6, 6.07) is 17.5. The standard InChI is InChI=1S/C26H26BNO2/c1-25(2)26(3,4)30-27(29-25)16-28-22-15-8-7-12-21(22)23-19-11-6-5-10-17(19)18-13-9-14-20(18)24(23)28/h5-13,15H,14,16H2,1-4H3. The molecule has 4 heteroatoms. The number of para-hydroxylation sites is 1. The summed E-state index contributed by atoms with van der Waals surface area (Å²) in [7, 11) is -0.273. The Labute approximate surface area is 177 Å². The van der Waals surface area contributed by atoms with E-state index in [2.05, 4.69) is 92.9 Å². The van der Waals surface area contributed by atoms with Crippen LogP contribution in [0.25, 0.3) is 38.7 Å². The average molecular weight is 395 g/mol. The maximum Gasteiger partial charge on any atom is 0.479 e. The minimum absolute atomic E-state index is 0.273. The summed E-state index contributed by atoms with van der Waals surface area (Å²) in [5.74, 6) is 0. The molecule has 0 amide bonds. The lowest BCUT2D eigenvalue weighted by atomic mass is 9.90. The summed E-state index contributed by atoms with van der Waals surface area (Å²) >= 11 is 0. The van der Waals surface area contributed by atoms with E-state index in [-0.39, 0.29) is 18.3 Å². The van der Waals surface area contributed by atoms with Crippen molar-refractivity contribution < 1.29 is 9.31 Å². The minimum Gasteiger partial charge on any atom is -0.402 e. The first-order chi connectivity index (χ1) is 14.4. The van der Waals surface area contributed by atoms with E-state index in [1.807, 2.05) is 0 Å². The molecule has 0 atom stereocenters. The van der Waals surface area contributed by atoms with Crippen molar-refractivity contribution in [1.82, 2.24) is 4.57 Å². The summed E-state index contributed by atoms with van der Waals surface area (Å²) in [5.41, 5.74) is 4.68. The molecule has 150 valence electrons. The first kappa shape index (κ1) is 18.2. The molecule has 1 fully saturated rings. The first-order valence-electron chi connectivity index (χ1n) is 10.8. The number of hydrogen-bond donors (Lipinski definition) is 0. The smallest absolute Gasteiger partial charge is 0.402 e. The van der Waals surface area contributed by atoms with Gasteiger partial charge in [-0.25, -0.2) is 0 Å². The molecule has 2 heterocycles. The summed E-state index contributed by atoms with van der Waals surface area (Å²) in [6.07, 6.45) is 6.22. The van der Waals surface area contributed by atoms with Gasteiger partial charge in [-0.1, -0.05) is 54.6 Å². The zero-order valence-corrected chi connectivity index (χ0v) is 18.0. The van der Waals surface area contributed by atoms with E-state index >= 15 is 0 Å². The van der Waals surface area contributed by atoms with Crippen molar-refractivity contribution in [2.24, 2.45) is 0 Å². The Bertz CT molecular complexity index is 1350. The van der Waals surface area contributed by atoms with Gasteiger partial charge in [0.2, 0.25) is 0 Å². The van der Waals surface area contributed by atoms with Crippen LogP contribution >= 0.6 is 0 Å². The van der Waals surface area contributed by atoms with Crippen molar-refractivity contribution >= 4 is 45.8 Å². The number of nitrogens with zero attached hydrogens (tertiary/aromatic N) is 1. The van der Waals surface area contributed by atoms with Gasteiger partial charge in [0.1, 0.15) is 0 Å². The molecule has 1 aromatic heterocycles. The quantitative estimate of drug-likeness (QED) is 0.380. The van der Waals surface area contributed by atoms with Gasteiger partial charge in [-0.05, 0) is 62.1 Å². The highest BCUT2D eigenvalue weighted by Gasteiger charge is 2.51. The van der Waals surface area contributed by atoms with Crippen LogP contribution in [0.1, 0.15) is 38.8 Å². The van der Waals surface area contributed by atoms with Gasteiger partial charge in [0, 0.05) is 16.3 Å². The van der Waals surface area contributed by atoms with Crippen molar-refractivity contribution in [2.75, 3.05) is 0 Å². The van der Waals surface area contributed by atoms with E-state index < -0.39 is 0 Å². The second-order valence-electron chi connectivity index (χ2n) is 9.58. The van der Waals surface area contributed by atoms with Gasteiger partial charge >= 0.3 is 7.12 Å². The lowest BCUT2D eigenvalue weighted by molar-refractivity contribution is 0.00578. The highest BCUT2D eigenvalue weighted by Crippen LogP contribution is 2.43. The Morgan fingerprint density at radius 1 is 0.867 bits per heavy atom. The van der Waals surface area contributed by atoms with E-state index in [1.54, 1.807) is 0 Å². The molecule has 1 aliphatic heterocycles. The molecule has 0 bridgehead atoms. The number of allylic oxidation sites excluding steroid dienone is 1. The van der Waals surface area contributed by atoms with Crippen LogP contribution in [0.15, 0.2) is 54.6 Å². The van der Waals surface area contributed by atoms with Crippen molar-refractivity contribution in [1.29, 1.82) is 0 Å². The molecule has 4 aromatic rings. The molecule has 6 rings (SSSR count). The molecular formula is C26H26BNO2. The number of benzene rings is 3. The van der Waals surface area contributed by atoms with Gasteiger partial charge < -0.3 is 13.9 Å². The molecule has 2 aliphatic rings. The third-order valence-corrected chi connectivity index (χ3v) is 7.31. The average Bonchev–Trinajstić information content (AvgIpc) is 3.36. The molecule has 0 spiro atoms. The highest BCUT2D eigenvalue weighted by atomic mass is 16.7. The third kappa shape index (κ3) is 2.35. The van der Waals surface area contributed by atoms with Crippen molar-refractivity contribution in [3.63, 3.8) is 0 Å². The van der Waals surface area contributed by atoms with Gasteiger partial charge in [0.15, 0.2) is 0 Å². The molecular weight excluding hydrogens is 369 g/mol. The maximum atomic E-state index is 6.38. The predicted octanol–water partition coefficient (Wildman–Crippen LogP) is 6.15. The Kier molecular flexibility index (Phi) is 3.64. The number of hydrogen-bond acceptors (Lipinski definition) is 2. The molecule has 3 aromatic carbocycles. The lowest BCUT2D eigenvalue weighted by Gasteiger charge is -2.32. The molecule has 1 saturated heterocycles. The largest absolute Gasteiger partial charge is 0.479 e. The van der Waals surface area contributed by atoms with E-state index in [0.717, 1.165) is 6.42 Å². The summed E-state index contributed by atoms with van der Waals surface area (Å²) in [5, 5.41) is 5.31. The van der Waals surface area contributed by atoms with E-state index in [9.17, 15) is 0 Å². The van der Waals surface area contributed by atoms with Gasteiger partial charge in [-0.3, -0.25) is 0 Å².